The number of anilines is 1. The molecule has 4 heteroatoms. The Morgan fingerprint density at radius 2 is 2.39 bits per heavy atom. The van der Waals surface area contributed by atoms with Crippen molar-refractivity contribution in [1.82, 2.24) is 5.32 Å². The molecule has 18 heavy (non-hydrogen) atoms. The monoisotopic (exact) mass is 248 g/mol. The number of carbonyl (C=O) groups excluding carboxylic acids is 1. The van der Waals surface area contributed by atoms with E-state index in [1.807, 2.05) is 19.1 Å². The van der Waals surface area contributed by atoms with Gasteiger partial charge in [0.15, 0.2) is 0 Å². The van der Waals surface area contributed by atoms with E-state index in [1.165, 1.54) is 11.1 Å². The van der Waals surface area contributed by atoms with Gasteiger partial charge in [-0.25, -0.2) is 0 Å². The largest absolute Gasteiger partial charge is 0.372 e. The summed E-state index contributed by atoms with van der Waals surface area (Å²) in [6, 6.07) is 6.04. The highest BCUT2D eigenvalue weighted by molar-refractivity contribution is 5.92. The second-order valence-electron chi connectivity index (χ2n) is 4.47. The highest BCUT2D eigenvalue weighted by Gasteiger charge is 2.13. The number of ether oxygens (including phenoxy) is 1. The Balaban J connectivity index is 1.98. The lowest BCUT2D eigenvalue weighted by molar-refractivity contribution is -0.120. The summed E-state index contributed by atoms with van der Waals surface area (Å²) in [5.41, 5.74) is 3.45. The Labute approximate surface area is 108 Å². The molecule has 0 saturated carbocycles. The van der Waals surface area contributed by atoms with E-state index in [9.17, 15) is 4.79 Å². The van der Waals surface area contributed by atoms with Gasteiger partial charge in [0.1, 0.15) is 6.61 Å². The number of hydrogen-bond donors (Lipinski definition) is 2. The van der Waals surface area contributed by atoms with Crippen LogP contribution in [0, 0.1) is 0 Å². The predicted octanol–water partition coefficient (Wildman–Crippen LogP) is 1.70. The third-order valence-corrected chi connectivity index (χ3v) is 3.00. The molecule has 4 nitrogen and oxygen atoms in total. The summed E-state index contributed by atoms with van der Waals surface area (Å²) in [5, 5.41) is 6.26. The predicted molar refractivity (Wildman–Crippen MR) is 71.6 cm³/mol. The molecule has 1 aliphatic rings. The number of amides is 1. The van der Waals surface area contributed by atoms with Crippen molar-refractivity contribution in [3.8, 4) is 0 Å². The van der Waals surface area contributed by atoms with Crippen LogP contribution in [-0.2, 0) is 22.5 Å². The lowest BCUT2D eigenvalue weighted by Crippen LogP contribution is -2.26. The van der Waals surface area contributed by atoms with Gasteiger partial charge in [0.05, 0.1) is 0 Å². The van der Waals surface area contributed by atoms with Gasteiger partial charge in [-0.05, 0) is 36.6 Å². The van der Waals surface area contributed by atoms with Gasteiger partial charge in [0.25, 0.3) is 0 Å². The van der Waals surface area contributed by atoms with Gasteiger partial charge in [0, 0.05) is 18.8 Å². The van der Waals surface area contributed by atoms with Gasteiger partial charge in [-0.1, -0.05) is 19.1 Å². The molecule has 1 amide bonds. The van der Waals surface area contributed by atoms with Crippen molar-refractivity contribution in [1.29, 1.82) is 0 Å². The molecule has 1 aromatic rings. The first-order valence-corrected chi connectivity index (χ1v) is 6.50. The zero-order valence-electron chi connectivity index (χ0n) is 10.8. The molecule has 1 heterocycles. The standard InChI is InChI=1S/C14H20N2O2/c1-2-8-18-10-14(17)16-13-5-3-4-11-9-15-7-6-12(11)13/h3-5,15H,2,6-10H2,1H3,(H,16,17). The maximum Gasteiger partial charge on any atom is 0.250 e. The number of rotatable bonds is 5. The van der Waals surface area contributed by atoms with Crippen molar-refractivity contribution in [2.24, 2.45) is 0 Å². The quantitative estimate of drug-likeness (QED) is 0.780. The summed E-state index contributed by atoms with van der Waals surface area (Å²) >= 11 is 0. The number of nitrogens with one attached hydrogen (secondary N) is 2. The van der Waals surface area contributed by atoms with E-state index >= 15 is 0 Å². The smallest absolute Gasteiger partial charge is 0.250 e. The van der Waals surface area contributed by atoms with Crippen LogP contribution in [0.2, 0.25) is 0 Å². The number of fused-ring (bicyclic) bond motifs is 1. The topological polar surface area (TPSA) is 50.4 Å². The maximum atomic E-state index is 11.7. The summed E-state index contributed by atoms with van der Waals surface area (Å²) < 4.78 is 5.24. The Morgan fingerprint density at radius 1 is 1.50 bits per heavy atom. The zero-order chi connectivity index (χ0) is 12.8. The third-order valence-electron chi connectivity index (χ3n) is 3.00. The lowest BCUT2D eigenvalue weighted by Gasteiger charge is -2.20. The van der Waals surface area contributed by atoms with Crippen molar-refractivity contribution in [3.05, 3.63) is 29.3 Å². The van der Waals surface area contributed by atoms with E-state index in [0.717, 1.165) is 31.6 Å². The van der Waals surface area contributed by atoms with Crippen LogP contribution in [-0.4, -0.2) is 25.7 Å². The summed E-state index contributed by atoms with van der Waals surface area (Å²) in [6.07, 6.45) is 1.89. The molecule has 98 valence electrons. The average molecular weight is 248 g/mol. The first kappa shape index (κ1) is 13.1. The van der Waals surface area contributed by atoms with Crippen LogP contribution < -0.4 is 10.6 Å². The highest BCUT2D eigenvalue weighted by Crippen LogP contribution is 2.22. The minimum absolute atomic E-state index is 0.0737. The Hall–Kier alpha value is -1.39. The van der Waals surface area contributed by atoms with Crippen LogP contribution in [0.1, 0.15) is 24.5 Å². The van der Waals surface area contributed by atoms with Gasteiger partial charge in [-0.2, -0.15) is 0 Å². The van der Waals surface area contributed by atoms with Gasteiger partial charge in [0.2, 0.25) is 5.91 Å². The molecule has 0 unspecified atom stereocenters. The number of hydrogen-bond acceptors (Lipinski definition) is 3. The molecular weight excluding hydrogens is 228 g/mol. The van der Waals surface area contributed by atoms with Crippen molar-refractivity contribution >= 4 is 11.6 Å². The van der Waals surface area contributed by atoms with Gasteiger partial charge in [-0.15, -0.1) is 0 Å². The van der Waals surface area contributed by atoms with Crippen molar-refractivity contribution in [2.45, 2.75) is 26.3 Å². The highest BCUT2D eigenvalue weighted by atomic mass is 16.5. The number of carbonyl (C=O) groups is 1. The Morgan fingerprint density at radius 3 is 3.22 bits per heavy atom. The van der Waals surface area contributed by atoms with Crippen molar-refractivity contribution in [2.75, 3.05) is 25.1 Å². The van der Waals surface area contributed by atoms with Crippen LogP contribution >= 0.6 is 0 Å². The molecule has 1 aliphatic heterocycles. The molecule has 0 aliphatic carbocycles. The molecule has 0 atom stereocenters. The first-order valence-electron chi connectivity index (χ1n) is 6.50. The molecule has 0 fully saturated rings. The van der Waals surface area contributed by atoms with Crippen molar-refractivity contribution < 1.29 is 9.53 Å². The van der Waals surface area contributed by atoms with Crippen molar-refractivity contribution in [3.63, 3.8) is 0 Å². The third kappa shape index (κ3) is 3.31. The molecule has 0 saturated heterocycles. The lowest BCUT2D eigenvalue weighted by atomic mass is 9.99. The summed E-state index contributed by atoms with van der Waals surface area (Å²) in [5.74, 6) is -0.0737. The Kier molecular flexibility index (Phi) is 4.73. The second-order valence-corrected chi connectivity index (χ2v) is 4.47. The van der Waals surface area contributed by atoms with E-state index in [0.29, 0.717) is 6.61 Å². The first-order chi connectivity index (χ1) is 8.81. The fourth-order valence-corrected chi connectivity index (χ4v) is 2.14. The van der Waals surface area contributed by atoms with E-state index in [1.54, 1.807) is 0 Å². The van der Waals surface area contributed by atoms with E-state index in [2.05, 4.69) is 16.7 Å². The Bertz CT molecular complexity index is 418. The zero-order valence-corrected chi connectivity index (χ0v) is 10.8. The van der Waals surface area contributed by atoms with Crippen LogP contribution in [0.5, 0.6) is 0 Å². The molecule has 1 aromatic carbocycles. The molecule has 2 N–H and O–H groups in total. The molecule has 0 spiro atoms. The van der Waals surface area contributed by atoms with Crippen LogP contribution in [0.25, 0.3) is 0 Å². The van der Waals surface area contributed by atoms with Gasteiger partial charge >= 0.3 is 0 Å². The van der Waals surface area contributed by atoms with Crippen LogP contribution in [0.15, 0.2) is 18.2 Å². The SMILES string of the molecule is CCCOCC(=O)Nc1cccc2c1CCNC2. The fraction of sp³-hybridized carbons (Fsp3) is 0.500. The molecule has 0 bridgehead atoms. The van der Waals surface area contributed by atoms with Crippen LogP contribution in [0.4, 0.5) is 5.69 Å². The maximum absolute atomic E-state index is 11.7. The minimum atomic E-state index is -0.0737. The molecular formula is C14H20N2O2. The normalized spacial score (nSPS) is 14.1. The second kappa shape index (κ2) is 6.52. The van der Waals surface area contributed by atoms with Gasteiger partial charge in [-0.3, -0.25) is 4.79 Å². The van der Waals surface area contributed by atoms with Gasteiger partial charge < -0.3 is 15.4 Å². The fourth-order valence-electron chi connectivity index (χ4n) is 2.14. The average Bonchev–Trinajstić information content (AvgIpc) is 2.39. The summed E-state index contributed by atoms with van der Waals surface area (Å²) in [6.45, 7) is 4.63. The summed E-state index contributed by atoms with van der Waals surface area (Å²) in [7, 11) is 0. The number of benzene rings is 1. The molecule has 2 rings (SSSR count). The molecule has 0 radical (unpaired) electrons. The molecule has 0 aromatic heterocycles. The summed E-state index contributed by atoms with van der Waals surface area (Å²) in [4.78, 5) is 11.7. The van der Waals surface area contributed by atoms with E-state index in [-0.39, 0.29) is 12.5 Å². The van der Waals surface area contributed by atoms with Crippen LogP contribution in [0.3, 0.4) is 0 Å². The van der Waals surface area contributed by atoms with E-state index in [4.69, 9.17) is 4.74 Å². The minimum Gasteiger partial charge on any atom is -0.372 e. The van der Waals surface area contributed by atoms with E-state index < -0.39 is 0 Å².